The number of nitro groups is 1. The number of thioether (sulfide) groups is 1. The zero-order valence-corrected chi connectivity index (χ0v) is 15.5. The number of halogens is 3. The van der Waals surface area contributed by atoms with Crippen molar-refractivity contribution < 1.29 is 37.6 Å². The smallest absolute Gasteiger partial charge is 0.475 e. The van der Waals surface area contributed by atoms with Gasteiger partial charge in [-0.25, -0.2) is 4.79 Å². The van der Waals surface area contributed by atoms with Gasteiger partial charge in [0.1, 0.15) is 0 Å². The van der Waals surface area contributed by atoms with Crippen LogP contribution in [0.15, 0.2) is 35.2 Å². The maximum Gasteiger partial charge on any atom is 0.490 e. The van der Waals surface area contributed by atoms with Gasteiger partial charge < -0.3 is 10.8 Å². The van der Waals surface area contributed by atoms with Crippen LogP contribution in [0.25, 0.3) is 0 Å². The summed E-state index contributed by atoms with van der Waals surface area (Å²) >= 11 is 0.900. The minimum atomic E-state index is -5.08. The van der Waals surface area contributed by atoms with Crippen LogP contribution in [0.2, 0.25) is 0 Å². The minimum Gasteiger partial charge on any atom is -0.475 e. The minimum absolute atomic E-state index is 0.0424. The van der Waals surface area contributed by atoms with Crippen molar-refractivity contribution in [3.63, 3.8) is 0 Å². The van der Waals surface area contributed by atoms with Crippen LogP contribution in [0.3, 0.4) is 0 Å². The molecule has 1 heterocycles. The van der Waals surface area contributed by atoms with Crippen molar-refractivity contribution in [2.24, 2.45) is 5.73 Å². The monoisotopic (exact) mass is 435 g/mol. The third kappa shape index (κ3) is 7.54. The fourth-order valence-electron chi connectivity index (χ4n) is 2.06. The molecule has 2 amide bonds. The number of carboxylic acids is 1. The summed E-state index contributed by atoms with van der Waals surface area (Å²) in [6, 6.07) is 6.36. The Morgan fingerprint density at radius 3 is 2.48 bits per heavy atom. The van der Waals surface area contributed by atoms with E-state index in [-0.39, 0.29) is 29.9 Å². The molecule has 1 aromatic rings. The molecule has 1 aromatic carbocycles. The van der Waals surface area contributed by atoms with Crippen LogP contribution >= 0.6 is 11.8 Å². The van der Waals surface area contributed by atoms with E-state index in [2.05, 4.69) is 0 Å². The summed E-state index contributed by atoms with van der Waals surface area (Å²) in [6.45, 7) is 0.450. The summed E-state index contributed by atoms with van der Waals surface area (Å²) in [5.41, 5.74) is 6.22. The molecule has 1 fully saturated rings. The molecule has 1 aliphatic rings. The molecule has 1 aliphatic heterocycles. The van der Waals surface area contributed by atoms with Gasteiger partial charge in [-0.2, -0.15) is 13.2 Å². The van der Waals surface area contributed by atoms with E-state index in [0.717, 1.165) is 22.2 Å². The highest BCUT2D eigenvalue weighted by Crippen LogP contribution is 2.30. The molecule has 1 saturated heterocycles. The normalized spacial score (nSPS) is 15.3. The van der Waals surface area contributed by atoms with Gasteiger partial charge in [0.25, 0.3) is 16.8 Å². The van der Waals surface area contributed by atoms with Crippen molar-refractivity contribution >= 4 is 34.6 Å². The highest BCUT2D eigenvalue weighted by atomic mass is 32.2. The number of allylic oxidation sites excluding steroid dienone is 1. The van der Waals surface area contributed by atoms with Gasteiger partial charge in [-0.3, -0.25) is 24.6 Å². The molecule has 0 spiro atoms. The number of alkyl halides is 3. The number of nitro benzene ring substituents is 1. The first-order valence-electron chi connectivity index (χ1n) is 7.94. The molecule has 9 nitrogen and oxygen atoms in total. The van der Waals surface area contributed by atoms with E-state index in [1.165, 1.54) is 12.1 Å². The number of carboxylic acid groups (broad SMARTS) is 1. The van der Waals surface area contributed by atoms with Gasteiger partial charge in [-0.15, -0.1) is 0 Å². The first-order chi connectivity index (χ1) is 13.5. The SMILES string of the molecule is NCCN1C(=O)S/C(=C\CCc2cccc([N+](=O)[O-])c2)C1=O.O=C(O)C(F)(F)F. The second-order valence-electron chi connectivity index (χ2n) is 5.45. The zero-order valence-electron chi connectivity index (χ0n) is 14.7. The van der Waals surface area contributed by atoms with Crippen LogP contribution in [0, 0.1) is 10.1 Å². The van der Waals surface area contributed by atoms with Gasteiger partial charge in [0.2, 0.25) is 0 Å². The maximum absolute atomic E-state index is 12.0. The topological polar surface area (TPSA) is 144 Å². The second kappa shape index (κ2) is 10.6. The maximum atomic E-state index is 12.0. The van der Waals surface area contributed by atoms with E-state index in [9.17, 15) is 32.9 Å². The standard InChI is InChI=1S/C14H15N3O4S.C2HF3O2/c15-7-8-16-13(18)12(22-14(16)19)6-2-4-10-3-1-5-11(9-10)17(20)21;3-2(4,5)1(6)7/h1,3,5-6,9H,2,4,7-8,15H2;(H,6,7)/b12-6-;. The average molecular weight is 435 g/mol. The second-order valence-corrected chi connectivity index (χ2v) is 6.44. The first-order valence-corrected chi connectivity index (χ1v) is 8.76. The number of aryl methyl sites for hydroxylation is 1. The summed E-state index contributed by atoms with van der Waals surface area (Å²) in [7, 11) is 0. The van der Waals surface area contributed by atoms with Crippen LogP contribution in [-0.4, -0.2) is 51.3 Å². The number of nitrogens with zero attached hydrogens (tertiary/aromatic N) is 2. The van der Waals surface area contributed by atoms with Crippen LogP contribution < -0.4 is 5.73 Å². The number of hydrogen-bond donors (Lipinski definition) is 2. The van der Waals surface area contributed by atoms with Crippen molar-refractivity contribution in [1.29, 1.82) is 0 Å². The van der Waals surface area contributed by atoms with Crippen LogP contribution in [-0.2, 0) is 16.0 Å². The molecule has 0 unspecified atom stereocenters. The lowest BCUT2D eigenvalue weighted by Crippen LogP contribution is -2.33. The lowest BCUT2D eigenvalue weighted by atomic mass is 10.1. The molecule has 2 rings (SSSR count). The molecular formula is C16H16F3N3O6S. The van der Waals surface area contributed by atoms with Crippen molar-refractivity contribution in [2.75, 3.05) is 13.1 Å². The molecule has 0 atom stereocenters. The average Bonchev–Trinajstić information content (AvgIpc) is 2.90. The van der Waals surface area contributed by atoms with Crippen molar-refractivity contribution in [3.05, 3.63) is 50.9 Å². The lowest BCUT2D eigenvalue weighted by molar-refractivity contribution is -0.384. The Labute approximate surface area is 166 Å². The molecule has 13 heteroatoms. The van der Waals surface area contributed by atoms with E-state index < -0.39 is 17.1 Å². The fraction of sp³-hybridized carbons (Fsp3) is 0.312. The third-order valence-electron chi connectivity index (χ3n) is 3.35. The van der Waals surface area contributed by atoms with Gasteiger partial charge in [-0.1, -0.05) is 18.2 Å². The summed E-state index contributed by atoms with van der Waals surface area (Å²) < 4.78 is 31.7. The number of nitrogens with two attached hydrogens (primary N) is 1. The Balaban J connectivity index is 0.000000516. The number of non-ortho nitro benzene ring substituents is 1. The quantitative estimate of drug-likeness (QED) is 0.394. The largest absolute Gasteiger partial charge is 0.490 e. The number of imide groups is 1. The number of hydrogen-bond acceptors (Lipinski definition) is 7. The summed E-state index contributed by atoms with van der Waals surface area (Å²) in [6.07, 6.45) is -2.30. The molecule has 158 valence electrons. The Hall–Kier alpha value is -2.93. The number of amides is 2. The predicted molar refractivity (Wildman–Crippen MR) is 96.9 cm³/mol. The van der Waals surface area contributed by atoms with Crippen LogP contribution in [0.4, 0.5) is 23.7 Å². The molecular weight excluding hydrogens is 419 g/mol. The number of carbonyl (C=O) groups is 3. The van der Waals surface area contributed by atoms with E-state index in [1.54, 1.807) is 18.2 Å². The molecule has 0 bridgehead atoms. The van der Waals surface area contributed by atoms with E-state index >= 15 is 0 Å². The number of aliphatic carboxylic acids is 1. The lowest BCUT2D eigenvalue weighted by Gasteiger charge is -2.09. The Morgan fingerprint density at radius 2 is 1.97 bits per heavy atom. The van der Waals surface area contributed by atoms with Crippen molar-refractivity contribution in [3.8, 4) is 0 Å². The van der Waals surface area contributed by atoms with Gasteiger partial charge in [0, 0.05) is 25.2 Å². The highest BCUT2D eigenvalue weighted by molar-refractivity contribution is 8.18. The number of benzene rings is 1. The molecule has 0 saturated carbocycles. The molecule has 3 N–H and O–H groups in total. The molecule has 0 radical (unpaired) electrons. The highest BCUT2D eigenvalue weighted by Gasteiger charge is 2.38. The molecule has 0 aliphatic carbocycles. The number of rotatable bonds is 6. The third-order valence-corrected chi connectivity index (χ3v) is 4.31. The Kier molecular flexibility index (Phi) is 8.79. The van der Waals surface area contributed by atoms with Gasteiger partial charge in [0.05, 0.1) is 9.83 Å². The first kappa shape index (κ1) is 24.1. The predicted octanol–water partition coefficient (Wildman–Crippen LogP) is 2.70. The van der Waals surface area contributed by atoms with E-state index in [0.29, 0.717) is 17.7 Å². The van der Waals surface area contributed by atoms with Gasteiger partial charge >= 0.3 is 12.1 Å². The Bertz CT molecular complexity index is 828. The van der Waals surface area contributed by atoms with E-state index in [1.807, 2.05) is 0 Å². The van der Waals surface area contributed by atoms with E-state index in [4.69, 9.17) is 15.6 Å². The fourth-order valence-corrected chi connectivity index (χ4v) is 2.93. The Morgan fingerprint density at radius 1 is 1.34 bits per heavy atom. The summed E-state index contributed by atoms with van der Waals surface area (Å²) in [4.78, 5) is 44.3. The molecule has 29 heavy (non-hydrogen) atoms. The van der Waals surface area contributed by atoms with Crippen molar-refractivity contribution in [1.82, 2.24) is 4.90 Å². The van der Waals surface area contributed by atoms with Gasteiger partial charge in [0.15, 0.2) is 0 Å². The van der Waals surface area contributed by atoms with Crippen LogP contribution in [0.5, 0.6) is 0 Å². The number of carbonyl (C=O) groups excluding carboxylic acids is 2. The summed E-state index contributed by atoms with van der Waals surface area (Å²) in [5.74, 6) is -3.08. The van der Waals surface area contributed by atoms with Crippen LogP contribution in [0.1, 0.15) is 12.0 Å². The van der Waals surface area contributed by atoms with Crippen molar-refractivity contribution in [2.45, 2.75) is 19.0 Å². The van der Waals surface area contributed by atoms with Gasteiger partial charge in [-0.05, 0) is 30.2 Å². The molecule has 0 aromatic heterocycles. The summed E-state index contributed by atoms with van der Waals surface area (Å²) in [5, 5.41) is 17.5. The zero-order chi connectivity index (χ0) is 22.2.